The van der Waals surface area contributed by atoms with Crippen molar-refractivity contribution in [1.29, 1.82) is 0 Å². The molecule has 1 heterocycles. The molecule has 24 heavy (non-hydrogen) atoms. The number of halogens is 1. The van der Waals surface area contributed by atoms with Crippen molar-refractivity contribution in [1.82, 2.24) is 0 Å². The number of aryl methyl sites for hydroxylation is 2. The highest BCUT2D eigenvalue weighted by Crippen LogP contribution is 2.30. The summed E-state index contributed by atoms with van der Waals surface area (Å²) in [5.41, 5.74) is 2.45. The molecule has 7 heteroatoms. The second-order valence-corrected chi connectivity index (χ2v) is 7.46. The molecule has 2 aromatic carbocycles. The van der Waals surface area contributed by atoms with Crippen LogP contribution in [0.4, 0.5) is 15.8 Å². The molecule has 2 aromatic rings. The van der Waals surface area contributed by atoms with Gasteiger partial charge in [0, 0.05) is 24.8 Å². The van der Waals surface area contributed by atoms with Gasteiger partial charge in [0.15, 0.2) is 0 Å². The summed E-state index contributed by atoms with van der Waals surface area (Å²) in [5.74, 6) is -0.439. The lowest BCUT2D eigenvalue weighted by atomic mass is 10.0. The van der Waals surface area contributed by atoms with Crippen molar-refractivity contribution in [2.24, 2.45) is 0 Å². The number of fused-ring (bicyclic) bond motifs is 1. The molecule has 3 rings (SSSR count). The van der Waals surface area contributed by atoms with E-state index in [1.807, 2.05) is 0 Å². The average Bonchev–Trinajstić information content (AvgIpc) is 2.50. The Morgan fingerprint density at radius 3 is 2.58 bits per heavy atom. The molecule has 0 bridgehead atoms. The van der Waals surface area contributed by atoms with E-state index in [-0.39, 0.29) is 10.8 Å². The number of nitrogens with one attached hydrogen (secondary N) is 1. The summed E-state index contributed by atoms with van der Waals surface area (Å²) >= 11 is 0. The van der Waals surface area contributed by atoms with E-state index in [4.69, 9.17) is 0 Å². The fourth-order valence-electron chi connectivity index (χ4n) is 2.84. The Labute approximate surface area is 140 Å². The molecule has 0 spiro atoms. The largest absolute Gasteiger partial charge is 0.315 e. The number of hydrogen-bond acceptors (Lipinski definition) is 3. The van der Waals surface area contributed by atoms with Gasteiger partial charge in [0.25, 0.3) is 10.0 Å². The summed E-state index contributed by atoms with van der Waals surface area (Å²) in [6.45, 7) is 1.55. The summed E-state index contributed by atoms with van der Waals surface area (Å²) < 4.78 is 40.7. The predicted molar refractivity (Wildman–Crippen MR) is 90.1 cm³/mol. The van der Waals surface area contributed by atoms with Crippen LogP contribution in [0.1, 0.15) is 17.5 Å². The van der Waals surface area contributed by atoms with Crippen LogP contribution in [0, 0.1) is 12.7 Å². The summed E-state index contributed by atoms with van der Waals surface area (Å²) in [6.07, 6.45) is 0.973. The van der Waals surface area contributed by atoms with Crippen LogP contribution in [0.3, 0.4) is 0 Å². The first-order valence-corrected chi connectivity index (χ1v) is 8.95. The van der Waals surface area contributed by atoms with Gasteiger partial charge in [-0.15, -0.1) is 0 Å². The number of carbonyl (C=O) groups excluding carboxylic acids is 1. The first-order chi connectivity index (χ1) is 11.3. The third kappa shape index (κ3) is 2.99. The second kappa shape index (κ2) is 5.90. The van der Waals surface area contributed by atoms with E-state index in [0.717, 1.165) is 17.3 Å². The maximum Gasteiger partial charge on any atom is 0.262 e. The topological polar surface area (TPSA) is 66.5 Å². The van der Waals surface area contributed by atoms with Gasteiger partial charge in [0.1, 0.15) is 5.82 Å². The van der Waals surface area contributed by atoms with E-state index >= 15 is 0 Å². The zero-order chi connectivity index (χ0) is 17.5. The van der Waals surface area contributed by atoms with Crippen molar-refractivity contribution >= 4 is 27.3 Å². The Hall–Kier alpha value is -2.41. The minimum Gasteiger partial charge on any atom is -0.315 e. The van der Waals surface area contributed by atoms with E-state index in [0.29, 0.717) is 24.1 Å². The lowest BCUT2D eigenvalue weighted by Gasteiger charge is -2.26. The fraction of sp³-hybridized carbons (Fsp3) is 0.235. The molecule has 1 aliphatic heterocycles. The molecule has 0 aromatic heterocycles. The maximum atomic E-state index is 13.2. The smallest absolute Gasteiger partial charge is 0.262 e. The summed E-state index contributed by atoms with van der Waals surface area (Å²) in [7, 11) is -2.11. The first-order valence-electron chi connectivity index (χ1n) is 7.46. The quantitative estimate of drug-likeness (QED) is 0.927. The molecule has 1 amide bonds. The lowest BCUT2D eigenvalue weighted by molar-refractivity contribution is -0.118. The molecule has 5 nitrogen and oxygen atoms in total. The Balaban J connectivity index is 1.92. The van der Waals surface area contributed by atoms with Crippen molar-refractivity contribution < 1.29 is 17.6 Å². The number of benzene rings is 2. The van der Waals surface area contributed by atoms with Gasteiger partial charge in [-0.05, 0) is 60.9 Å². The molecule has 1 N–H and O–H groups in total. The van der Waals surface area contributed by atoms with Crippen molar-refractivity contribution in [2.45, 2.75) is 24.7 Å². The van der Waals surface area contributed by atoms with E-state index in [2.05, 4.69) is 4.72 Å². The molecule has 0 radical (unpaired) electrons. The van der Waals surface area contributed by atoms with Gasteiger partial charge in [0.05, 0.1) is 4.90 Å². The van der Waals surface area contributed by atoms with Crippen LogP contribution in [0.15, 0.2) is 41.3 Å². The molecule has 0 aliphatic carbocycles. The van der Waals surface area contributed by atoms with E-state index in [1.54, 1.807) is 37.1 Å². The van der Waals surface area contributed by atoms with Gasteiger partial charge in [-0.2, -0.15) is 0 Å². The Morgan fingerprint density at radius 1 is 1.12 bits per heavy atom. The Kier molecular flexibility index (Phi) is 4.04. The molecular formula is C17H17FN2O3S. The standard InChI is InChI=1S/C17H17FN2O3S/c1-11-9-13(18)4-7-16(11)24(22,23)19-14-5-6-15-12(10-14)3-8-17(21)20(15)2/h4-7,9-10,19H,3,8H2,1-2H3. The molecule has 0 saturated carbocycles. The number of hydrogen-bond donors (Lipinski definition) is 1. The number of sulfonamides is 1. The molecular weight excluding hydrogens is 331 g/mol. The van der Waals surface area contributed by atoms with Gasteiger partial charge in [-0.25, -0.2) is 12.8 Å². The van der Waals surface area contributed by atoms with Gasteiger partial charge < -0.3 is 4.90 Å². The number of rotatable bonds is 3. The monoisotopic (exact) mass is 348 g/mol. The second-order valence-electron chi connectivity index (χ2n) is 5.81. The fourth-order valence-corrected chi connectivity index (χ4v) is 4.12. The first kappa shape index (κ1) is 16.4. The van der Waals surface area contributed by atoms with E-state index in [1.165, 1.54) is 12.1 Å². The SMILES string of the molecule is Cc1cc(F)ccc1S(=O)(=O)Nc1ccc2c(c1)CCC(=O)N2C. The molecule has 0 fully saturated rings. The third-order valence-corrected chi connectivity index (χ3v) is 5.64. The van der Waals surface area contributed by atoms with Crippen molar-refractivity contribution in [3.05, 3.63) is 53.3 Å². The summed E-state index contributed by atoms with van der Waals surface area (Å²) in [6, 6.07) is 8.62. The van der Waals surface area contributed by atoms with Crippen LogP contribution < -0.4 is 9.62 Å². The summed E-state index contributed by atoms with van der Waals surface area (Å²) in [4.78, 5) is 13.3. The van der Waals surface area contributed by atoms with Crippen LogP contribution in [0.2, 0.25) is 0 Å². The number of carbonyl (C=O) groups is 1. The highest BCUT2D eigenvalue weighted by atomic mass is 32.2. The van der Waals surface area contributed by atoms with E-state index in [9.17, 15) is 17.6 Å². The molecule has 0 saturated heterocycles. The number of anilines is 2. The van der Waals surface area contributed by atoms with Crippen molar-refractivity contribution in [3.63, 3.8) is 0 Å². The highest BCUT2D eigenvalue weighted by molar-refractivity contribution is 7.92. The van der Waals surface area contributed by atoms with Gasteiger partial charge in [0.2, 0.25) is 5.91 Å². The Morgan fingerprint density at radius 2 is 1.88 bits per heavy atom. The van der Waals surface area contributed by atoms with Crippen molar-refractivity contribution in [3.8, 4) is 0 Å². The molecule has 0 unspecified atom stereocenters. The normalized spacial score (nSPS) is 14.5. The van der Waals surface area contributed by atoms with E-state index < -0.39 is 15.8 Å². The van der Waals surface area contributed by atoms with Crippen LogP contribution in [0.5, 0.6) is 0 Å². The lowest BCUT2D eigenvalue weighted by Crippen LogP contribution is -2.31. The summed E-state index contributed by atoms with van der Waals surface area (Å²) in [5, 5.41) is 0. The Bertz CT molecular complexity index is 925. The van der Waals surface area contributed by atoms with Gasteiger partial charge >= 0.3 is 0 Å². The van der Waals surface area contributed by atoms with Crippen molar-refractivity contribution in [2.75, 3.05) is 16.7 Å². The average molecular weight is 348 g/mol. The van der Waals surface area contributed by atoms with Gasteiger partial charge in [-0.1, -0.05) is 0 Å². The minimum atomic E-state index is -3.81. The molecule has 0 atom stereocenters. The van der Waals surface area contributed by atoms with Gasteiger partial charge in [-0.3, -0.25) is 9.52 Å². The minimum absolute atomic E-state index is 0.0360. The molecule has 126 valence electrons. The maximum absolute atomic E-state index is 13.2. The highest BCUT2D eigenvalue weighted by Gasteiger charge is 2.22. The predicted octanol–water partition coefficient (Wildman–Crippen LogP) is 2.84. The van der Waals surface area contributed by atoms with Crippen LogP contribution >= 0.6 is 0 Å². The van der Waals surface area contributed by atoms with Crippen LogP contribution in [0.25, 0.3) is 0 Å². The zero-order valence-electron chi connectivity index (χ0n) is 13.3. The zero-order valence-corrected chi connectivity index (χ0v) is 14.2. The van der Waals surface area contributed by atoms with Crippen LogP contribution in [-0.2, 0) is 21.2 Å². The molecule has 1 aliphatic rings. The number of amides is 1. The number of nitrogens with zero attached hydrogens (tertiary/aromatic N) is 1. The third-order valence-electron chi connectivity index (χ3n) is 4.10. The van der Waals surface area contributed by atoms with Crippen LogP contribution in [-0.4, -0.2) is 21.4 Å².